The maximum atomic E-state index is 13.6. The number of aromatic nitrogens is 1. The average molecular weight is 430 g/mol. The lowest BCUT2D eigenvalue weighted by molar-refractivity contribution is 0.572. The molecule has 2 aromatic rings. The van der Waals surface area contributed by atoms with Gasteiger partial charge in [-0.05, 0) is 61.1 Å². The Kier molecular flexibility index (Phi) is 6.30. The number of thiazole rings is 1. The van der Waals surface area contributed by atoms with Gasteiger partial charge in [0.25, 0.3) is 0 Å². The number of nitrogens with zero attached hydrogens (tertiary/aromatic N) is 3. The maximum Gasteiger partial charge on any atom is 0.192 e. The summed E-state index contributed by atoms with van der Waals surface area (Å²) in [5.74, 6) is 0.967. The SMILES string of the molecule is CC1=C(c2cccc(F)c2)C=CN(c2nc(N3CCCCC3)c(SC(C)C)s2)C1. The van der Waals surface area contributed by atoms with Crippen LogP contribution in [0.1, 0.15) is 45.6 Å². The summed E-state index contributed by atoms with van der Waals surface area (Å²) in [6.45, 7) is 9.59. The van der Waals surface area contributed by atoms with Gasteiger partial charge in [0, 0.05) is 31.1 Å². The summed E-state index contributed by atoms with van der Waals surface area (Å²) >= 11 is 3.71. The fourth-order valence-corrected chi connectivity index (χ4v) is 6.35. The van der Waals surface area contributed by atoms with E-state index in [9.17, 15) is 4.39 Å². The predicted molar refractivity (Wildman–Crippen MR) is 125 cm³/mol. The molecule has 2 aliphatic heterocycles. The number of rotatable bonds is 5. The lowest BCUT2D eigenvalue weighted by Crippen LogP contribution is -2.30. The van der Waals surface area contributed by atoms with Crippen LogP contribution in [-0.2, 0) is 0 Å². The van der Waals surface area contributed by atoms with Gasteiger partial charge in [0.1, 0.15) is 10.0 Å². The Hall–Kier alpha value is -1.79. The van der Waals surface area contributed by atoms with E-state index in [1.807, 2.05) is 17.8 Å². The van der Waals surface area contributed by atoms with Crippen molar-refractivity contribution in [1.29, 1.82) is 0 Å². The Balaban J connectivity index is 1.59. The van der Waals surface area contributed by atoms with E-state index in [0.29, 0.717) is 5.25 Å². The van der Waals surface area contributed by atoms with Crippen LogP contribution in [0.5, 0.6) is 0 Å². The summed E-state index contributed by atoms with van der Waals surface area (Å²) in [7, 11) is 0. The van der Waals surface area contributed by atoms with Crippen LogP contribution in [0.15, 0.2) is 46.3 Å². The van der Waals surface area contributed by atoms with E-state index in [4.69, 9.17) is 4.98 Å². The zero-order valence-corrected chi connectivity index (χ0v) is 19.0. The lowest BCUT2D eigenvalue weighted by Gasteiger charge is -2.28. The minimum absolute atomic E-state index is 0.194. The largest absolute Gasteiger partial charge is 0.355 e. The average Bonchev–Trinajstić information content (AvgIpc) is 3.11. The van der Waals surface area contributed by atoms with Crippen LogP contribution in [0.3, 0.4) is 0 Å². The van der Waals surface area contributed by atoms with Crippen molar-refractivity contribution in [1.82, 2.24) is 4.98 Å². The van der Waals surface area contributed by atoms with Gasteiger partial charge in [0.15, 0.2) is 10.9 Å². The van der Waals surface area contributed by atoms with Crippen molar-refractivity contribution < 1.29 is 4.39 Å². The van der Waals surface area contributed by atoms with Gasteiger partial charge in [-0.25, -0.2) is 9.37 Å². The summed E-state index contributed by atoms with van der Waals surface area (Å²) in [6, 6.07) is 6.83. The zero-order chi connectivity index (χ0) is 20.4. The molecule has 154 valence electrons. The Morgan fingerprint density at radius 3 is 2.66 bits per heavy atom. The first kappa shape index (κ1) is 20.5. The highest BCUT2D eigenvalue weighted by Crippen LogP contribution is 2.43. The van der Waals surface area contributed by atoms with E-state index in [-0.39, 0.29) is 5.82 Å². The van der Waals surface area contributed by atoms with E-state index in [1.54, 1.807) is 23.5 Å². The van der Waals surface area contributed by atoms with Crippen LogP contribution >= 0.6 is 23.1 Å². The molecule has 2 aliphatic rings. The quantitative estimate of drug-likeness (QED) is 0.500. The predicted octanol–water partition coefficient (Wildman–Crippen LogP) is 6.58. The highest BCUT2D eigenvalue weighted by Gasteiger charge is 2.24. The number of allylic oxidation sites excluding steroid dienone is 2. The van der Waals surface area contributed by atoms with E-state index >= 15 is 0 Å². The van der Waals surface area contributed by atoms with Crippen LogP contribution in [0.2, 0.25) is 0 Å². The number of anilines is 2. The second-order valence-electron chi connectivity index (χ2n) is 7.97. The third-order valence-electron chi connectivity index (χ3n) is 5.24. The van der Waals surface area contributed by atoms with E-state index in [0.717, 1.165) is 41.7 Å². The molecule has 3 heterocycles. The zero-order valence-electron chi connectivity index (χ0n) is 17.3. The molecule has 1 aromatic carbocycles. The molecule has 1 aromatic heterocycles. The molecule has 0 amide bonds. The molecule has 3 nitrogen and oxygen atoms in total. The van der Waals surface area contributed by atoms with Crippen LogP contribution in [-0.4, -0.2) is 29.9 Å². The highest BCUT2D eigenvalue weighted by molar-refractivity contribution is 8.01. The highest BCUT2D eigenvalue weighted by atomic mass is 32.2. The van der Waals surface area contributed by atoms with E-state index in [2.05, 4.69) is 42.8 Å². The molecule has 0 aliphatic carbocycles. The Morgan fingerprint density at radius 1 is 1.17 bits per heavy atom. The van der Waals surface area contributed by atoms with E-state index in [1.165, 1.54) is 35.1 Å². The number of piperidine rings is 1. The van der Waals surface area contributed by atoms with Crippen molar-refractivity contribution >= 4 is 39.6 Å². The van der Waals surface area contributed by atoms with Gasteiger partial charge < -0.3 is 9.80 Å². The van der Waals surface area contributed by atoms with Crippen LogP contribution in [0, 0.1) is 5.82 Å². The van der Waals surface area contributed by atoms with Crippen LogP contribution in [0.25, 0.3) is 5.57 Å². The van der Waals surface area contributed by atoms with Gasteiger partial charge in [0.05, 0.1) is 0 Å². The van der Waals surface area contributed by atoms with Gasteiger partial charge in [-0.3, -0.25) is 0 Å². The maximum absolute atomic E-state index is 13.6. The molecule has 6 heteroatoms. The molecule has 0 spiro atoms. The molecule has 29 heavy (non-hydrogen) atoms. The van der Waals surface area contributed by atoms with Gasteiger partial charge >= 0.3 is 0 Å². The summed E-state index contributed by atoms with van der Waals surface area (Å²) in [5, 5.41) is 1.58. The normalized spacial score (nSPS) is 17.6. The van der Waals surface area contributed by atoms with Crippen molar-refractivity contribution in [3.8, 4) is 0 Å². The fraction of sp³-hybridized carbons (Fsp3) is 0.435. The molecular formula is C23H28FN3S2. The number of hydrogen-bond donors (Lipinski definition) is 0. The van der Waals surface area contributed by atoms with Gasteiger partial charge in [-0.1, -0.05) is 37.3 Å². The van der Waals surface area contributed by atoms with Crippen molar-refractivity contribution in [3.05, 3.63) is 53.5 Å². The van der Waals surface area contributed by atoms with Gasteiger partial charge in [-0.2, -0.15) is 0 Å². The second-order valence-corrected chi connectivity index (χ2v) is 10.8. The first-order valence-corrected chi connectivity index (χ1v) is 12.0. The van der Waals surface area contributed by atoms with Crippen LogP contribution < -0.4 is 9.80 Å². The molecule has 0 saturated carbocycles. The summed E-state index contributed by atoms with van der Waals surface area (Å²) in [5.41, 5.74) is 3.26. The smallest absolute Gasteiger partial charge is 0.192 e. The first-order chi connectivity index (χ1) is 14.0. The Labute approximate surface area is 181 Å². The number of halogens is 1. The summed E-state index contributed by atoms with van der Waals surface area (Å²) < 4.78 is 15.0. The van der Waals surface area contributed by atoms with Crippen LogP contribution in [0.4, 0.5) is 15.3 Å². The minimum atomic E-state index is -0.194. The number of thioether (sulfide) groups is 1. The monoisotopic (exact) mass is 429 g/mol. The summed E-state index contributed by atoms with van der Waals surface area (Å²) in [4.78, 5) is 9.76. The number of benzene rings is 1. The minimum Gasteiger partial charge on any atom is -0.355 e. The summed E-state index contributed by atoms with van der Waals surface area (Å²) in [6.07, 6.45) is 8.00. The molecular weight excluding hydrogens is 401 g/mol. The molecule has 4 rings (SSSR count). The lowest BCUT2D eigenvalue weighted by atomic mass is 9.98. The molecule has 1 fully saturated rings. The van der Waals surface area contributed by atoms with Crippen molar-refractivity contribution in [2.24, 2.45) is 0 Å². The van der Waals surface area contributed by atoms with Gasteiger partial charge in [-0.15, -0.1) is 11.8 Å². The Morgan fingerprint density at radius 2 is 1.97 bits per heavy atom. The topological polar surface area (TPSA) is 19.4 Å². The van der Waals surface area contributed by atoms with E-state index < -0.39 is 0 Å². The molecule has 0 unspecified atom stereocenters. The Bertz CT molecular complexity index is 926. The van der Waals surface area contributed by atoms with Crippen molar-refractivity contribution in [3.63, 3.8) is 0 Å². The number of hydrogen-bond acceptors (Lipinski definition) is 5. The molecule has 0 radical (unpaired) electrons. The molecule has 0 N–H and O–H groups in total. The fourth-order valence-electron chi connectivity index (χ4n) is 3.84. The molecule has 1 saturated heterocycles. The third kappa shape index (κ3) is 4.69. The molecule has 0 bridgehead atoms. The van der Waals surface area contributed by atoms with Crippen molar-refractivity contribution in [2.75, 3.05) is 29.4 Å². The van der Waals surface area contributed by atoms with Crippen molar-refractivity contribution in [2.45, 2.75) is 49.5 Å². The third-order valence-corrected chi connectivity index (χ3v) is 7.52. The molecule has 0 atom stereocenters. The standard InChI is InChI=1S/C23H28FN3S2/c1-16(2)28-22-21(26-11-5-4-6-12-26)25-23(29-22)27-13-10-20(17(3)15-27)18-8-7-9-19(24)14-18/h7-10,13-14,16H,4-6,11-12,15H2,1-3H3. The first-order valence-electron chi connectivity index (χ1n) is 10.3. The van der Waals surface area contributed by atoms with Gasteiger partial charge in [0.2, 0.25) is 0 Å². The second kappa shape index (κ2) is 8.92.